The second kappa shape index (κ2) is 10.1. The number of hydrogen-bond acceptors (Lipinski definition) is 4. The molecule has 130 valence electrons. The minimum Gasteiger partial charge on any atom is -0.233 e. The van der Waals surface area contributed by atoms with E-state index in [2.05, 4.69) is 97.0 Å². The quantitative estimate of drug-likeness (QED) is 0.398. The first-order valence-electron chi connectivity index (χ1n) is 8.52. The lowest BCUT2D eigenvalue weighted by atomic mass is 10.2. The second-order valence-electron chi connectivity index (χ2n) is 6.46. The third kappa shape index (κ3) is 6.52. The van der Waals surface area contributed by atoms with Crippen LogP contribution in [0.2, 0.25) is 0 Å². The Bertz CT molecular complexity index is 519. The summed E-state index contributed by atoms with van der Waals surface area (Å²) < 4.78 is 4.89. The zero-order valence-electron chi connectivity index (χ0n) is 15.1. The van der Waals surface area contributed by atoms with Crippen molar-refractivity contribution in [3.05, 3.63) is 71.8 Å². The van der Waals surface area contributed by atoms with E-state index in [1.54, 1.807) is 0 Å². The minimum absolute atomic E-state index is 0.494. The van der Waals surface area contributed by atoms with Crippen LogP contribution in [0.1, 0.15) is 38.8 Å². The number of hydrogen-bond donors (Lipinski definition) is 0. The van der Waals surface area contributed by atoms with E-state index in [-0.39, 0.29) is 0 Å². The van der Waals surface area contributed by atoms with E-state index in [1.165, 1.54) is 11.1 Å². The fourth-order valence-electron chi connectivity index (χ4n) is 2.20. The molecular formula is C20H28N2S2. The topological polar surface area (TPSA) is 6.48 Å². The first kappa shape index (κ1) is 19.4. The van der Waals surface area contributed by atoms with Crippen LogP contribution in [0, 0.1) is 0 Å². The molecule has 0 heterocycles. The molecule has 0 saturated heterocycles. The Morgan fingerprint density at radius 1 is 0.625 bits per heavy atom. The van der Waals surface area contributed by atoms with Gasteiger partial charge in [0.05, 0.1) is 0 Å². The van der Waals surface area contributed by atoms with Gasteiger partial charge in [0.1, 0.15) is 0 Å². The van der Waals surface area contributed by atoms with E-state index in [0.29, 0.717) is 12.1 Å². The zero-order chi connectivity index (χ0) is 17.4. The van der Waals surface area contributed by atoms with Gasteiger partial charge in [-0.15, -0.1) is 0 Å². The molecule has 0 unspecified atom stereocenters. The van der Waals surface area contributed by atoms with Crippen molar-refractivity contribution in [2.45, 2.75) is 52.9 Å². The normalized spacial score (nSPS) is 11.8. The Kier molecular flexibility index (Phi) is 8.19. The molecule has 2 aromatic carbocycles. The highest BCUT2D eigenvalue weighted by Gasteiger charge is 2.17. The largest absolute Gasteiger partial charge is 0.233 e. The highest BCUT2D eigenvalue weighted by molar-refractivity contribution is 8.74. The number of rotatable bonds is 9. The summed E-state index contributed by atoms with van der Waals surface area (Å²) in [6.45, 7) is 11.0. The van der Waals surface area contributed by atoms with Gasteiger partial charge in [0.25, 0.3) is 0 Å². The number of benzene rings is 2. The van der Waals surface area contributed by atoms with Crippen LogP contribution in [-0.2, 0) is 13.1 Å². The van der Waals surface area contributed by atoms with Crippen molar-refractivity contribution in [3.8, 4) is 0 Å². The molecule has 2 nitrogen and oxygen atoms in total. The van der Waals surface area contributed by atoms with Gasteiger partial charge in [-0.2, -0.15) is 0 Å². The lowest BCUT2D eigenvalue weighted by Crippen LogP contribution is -2.26. The molecule has 0 aliphatic heterocycles. The highest BCUT2D eigenvalue weighted by Crippen LogP contribution is 2.35. The predicted molar refractivity (Wildman–Crippen MR) is 109 cm³/mol. The van der Waals surface area contributed by atoms with Crippen LogP contribution in [0.25, 0.3) is 0 Å². The maximum Gasteiger partial charge on any atom is 0.0351 e. The van der Waals surface area contributed by atoms with Crippen molar-refractivity contribution in [1.29, 1.82) is 0 Å². The Labute approximate surface area is 155 Å². The Morgan fingerprint density at radius 2 is 0.958 bits per heavy atom. The molecule has 0 aromatic heterocycles. The van der Waals surface area contributed by atoms with E-state index < -0.39 is 0 Å². The van der Waals surface area contributed by atoms with Gasteiger partial charge in [-0.25, -0.2) is 8.61 Å². The molecule has 0 bridgehead atoms. The van der Waals surface area contributed by atoms with Gasteiger partial charge in [0.15, 0.2) is 0 Å². The molecule has 0 saturated carbocycles. The molecule has 4 heteroatoms. The van der Waals surface area contributed by atoms with Crippen molar-refractivity contribution in [2.75, 3.05) is 0 Å². The van der Waals surface area contributed by atoms with Crippen LogP contribution in [0.15, 0.2) is 60.7 Å². The molecule has 2 aromatic rings. The SMILES string of the molecule is CC(C)N(Cc1ccccc1)SSN(Cc1ccccc1)C(C)C. The summed E-state index contributed by atoms with van der Waals surface area (Å²) in [6.07, 6.45) is 0. The van der Waals surface area contributed by atoms with E-state index in [1.807, 2.05) is 22.0 Å². The van der Waals surface area contributed by atoms with Crippen molar-refractivity contribution in [3.63, 3.8) is 0 Å². The van der Waals surface area contributed by atoms with Crippen LogP contribution >= 0.6 is 22.0 Å². The van der Waals surface area contributed by atoms with Crippen molar-refractivity contribution >= 4 is 22.0 Å². The third-order valence-corrected chi connectivity index (χ3v) is 6.64. The lowest BCUT2D eigenvalue weighted by Gasteiger charge is -2.30. The Hall–Kier alpha value is -0.940. The molecule has 24 heavy (non-hydrogen) atoms. The van der Waals surface area contributed by atoms with E-state index >= 15 is 0 Å². The van der Waals surface area contributed by atoms with Crippen molar-refractivity contribution in [1.82, 2.24) is 8.61 Å². The standard InChI is InChI=1S/C20H28N2S2/c1-17(2)21(15-19-11-7-5-8-12-19)23-24-22(18(3)4)16-20-13-9-6-10-14-20/h5-14,17-18H,15-16H2,1-4H3. The fourth-order valence-corrected chi connectivity index (χ4v) is 4.98. The van der Waals surface area contributed by atoms with E-state index in [4.69, 9.17) is 0 Å². The van der Waals surface area contributed by atoms with E-state index in [9.17, 15) is 0 Å². The summed E-state index contributed by atoms with van der Waals surface area (Å²) >= 11 is 0. The zero-order valence-corrected chi connectivity index (χ0v) is 16.7. The lowest BCUT2D eigenvalue weighted by molar-refractivity contribution is 0.385. The summed E-state index contributed by atoms with van der Waals surface area (Å²) in [4.78, 5) is 0. The Balaban J connectivity index is 1.95. The van der Waals surface area contributed by atoms with Crippen LogP contribution in [0.5, 0.6) is 0 Å². The van der Waals surface area contributed by atoms with Crippen LogP contribution in [-0.4, -0.2) is 20.7 Å². The predicted octanol–water partition coefficient (Wildman–Crippen LogP) is 6.02. The van der Waals surface area contributed by atoms with Gasteiger partial charge < -0.3 is 0 Å². The molecular weight excluding hydrogens is 332 g/mol. The molecule has 0 atom stereocenters. The van der Waals surface area contributed by atoms with Gasteiger partial charge in [-0.1, -0.05) is 60.7 Å². The summed E-state index contributed by atoms with van der Waals surface area (Å²) in [6, 6.07) is 22.4. The van der Waals surface area contributed by atoms with E-state index in [0.717, 1.165) is 13.1 Å². The van der Waals surface area contributed by atoms with Gasteiger partial charge in [0.2, 0.25) is 0 Å². The Morgan fingerprint density at radius 3 is 1.25 bits per heavy atom. The van der Waals surface area contributed by atoms with Crippen LogP contribution in [0.4, 0.5) is 0 Å². The summed E-state index contributed by atoms with van der Waals surface area (Å²) in [5.41, 5.74) is 2.72. The number of nitrogens with zero attached hydrogens (tertiary/aromatic N) is 2. The average molecular weight is 361 g/mol. The average Bonchev–Trinajstić information content (AvgIpc) is 2.58. The van der Waals surface area contributed by atoms with Crippen molar-refractivity contribution < 1.29 is 0 Å². The first-order chi connectivity index (χ1) is 11.6. The van der Waals surface area contributed by atoms with Gasteiger partial charge in [-0.3, -0.25) is 0 Å². The summed E-state index contributed by atoms with van der Waals surface area (Å²) in [5.74, 6) is 0. The first-order valence-corrected chi connectivity index (χ1v) is 10.6. The smallest absolute Gasteiger partial charge is 0.0351 e. The van der Waals surface area contributed by atoms with Crippen LogP contribution < -0.4 is 0 Å². The maximum atomic E-state index is 2.44. The second-order valence-corrected chi connectivity index (χ2v) is 8.59. The molecule has 0 N–H and O–H groups in total. The molecule has 0 fully saturated rings. The summed E-state index contributed by atoms with van der Waals surface area (Å²) in [7, 11) is 3.71. The monoisotopic (exact) mass is 360 g/mol. The maximum absolute atomic E-state index is 2.44. The molecule has 0 radical (unpaired) electrons. The molecule has 2 rings (SSSR count). The van der Waals surface area contributed by atoms with Crippen molar-refractivity contribution in [2.24, 2.45) is 0 Å². The van der Waals surface area contributed by atoms with Gasteiger partial charge in [0, 0.05) is 47.1 Å². The molecule has 0 amide bonds. The van der Waals surface area contributed by atoms with Crippen LogP contribution in [0.3, 0.4) is 0 Å². The third-order valence-electron chi connectivity index (χ3n) is 3.74. The molecule has 0 aliphatic carbocycles. The summed E-state index contributed by atoms with van der Waals surface area (Å²) in [5, 5.41) is 0. The van der Waals surface area contributed by atoms with Gasteiger partial charge >= 0.3 is 0 Å². The molecule has 0 spiro atoms. The molecule has 0 aliphatic rings. The minimum atomic E-state index is 0.494. The highest BCUT2D eigenvalue weighted by atomic mass is 33.1. The van der Waals surface area contributed by atoms with Gasteiger partial charge in [-0.05, 0) is 38.8 Å². The fraction of sp³-hybridized carbons (Fsp3) is 0.400.